The maximum absolute atomic E-state index is 13.3. The third-order valence-corrected chi connectivity index (χ3v) is 6.38. The molecule has 29 heavy (non-hydrogen) atoms. The molecule has 0 aliphatic carbocycles. The predicted octanol–water partition coefficient (Wildman–Crippen LogP) is 4.93. The highest BCUT2D eigenvalue weighted by Crippen LogP contribution is 2.30. The standard InChI is InChI=1S/C23H26BrN3O2/c24-20-9-3-2-8-18(20)22(28)25-17-10-11-21(26-12-4-1-5-13-26)19(16-17)23(29)27-14-6-7-15-27/h2-3,8-11,16H,1,4-7,12-15H2,(H,25,28). The second kappa shape index (κ2) is 8.99. The monoisotopic (exact) mass is 455 g/mol. The molecule has 0 bridgehead atoms. The van der Waals surface area contributed by atoms with E-state index < -0.39 is 0 Å². The Labute approximate surface area is 180 Å². The number of rotatable bonds is 4. The molecule has 6 heteroatoms. The van der Waals surface area contributed by atoms with Crippen LogP contribution in [0.1, 0.15) is 52.8 Å². The van der Waals surface area contributed by atoms with E-state index in [1.165, 1.54) is 6.42 Å². The van der Waals surface area contributed by atoms with Crippen LogP contribution < -0.4 is 10.2 Å². The van der Waals surface area contributed by atoms with Crippen molar-refractivity contribution in [3.63, 3.8) is 0 Å². The van der Waals surface area contributed by atoms with E-state index in [-0.39, 0.29) is 11.8 Å². The first kappa shape index (κ1) is 20.0. The van der Waals surface area contributed by atoms with Crippen LogP contribution in [0.25, 0.3) is 0 Å². The topological polar surface area (TPSA) is 52.7 Å². The van der Waals surface area contributed by atoms with Crippen molar-refractivity contribution in [1.82, 2.24) is 4.90 Å². The van der Waals surface area contributed by atoms with Gasteiger partial charge in [0.1, 0.15) is 0 Å². The van der Waals surface area contributed by atoms with Gasteiger partial charge < -0.3 is 15.1 Å². The molecule has 0 saturated carbocycles. The largest absolute Gasteiger partial charge is 0.371 e. The number of hydrogen-bond acceptors (Lipinski definition) is 3. The van der Waals surface area contributed by atoms with Crippen LogP contribution in [0.3, 0.4) is 0 Å². The average Bonchev–Trinajstić information content (AvgIpc) is 3.29. The number of carbonyl (C=O) groups is 2. The highest BCUT2D eigenvalue weighted by molar-refractivity contribution is 9.10. The summed E-state index contributed by atoms with van der Waals surface area (Å²) in [6, 6.07) is 13.1. The third-order valence-electron chi connectivity index (χ3n) is 5.69. The van der Waals surface area contributed by atoms with Gasteiger partial charge in [-0.2, -0.15) is 0 Å². The van der Waals surface area contributed by atoms with E-state index in [4.69, 9.17) is 0 Å². The lowest BCUT2D eigenvalue weighted by Crippen LogP contribution is -2.34. The van der Waals surface area contributed by atoms with Gasteiger partial charge in [-0.1, -0.05) is 12.1 Å². The van der Waals surface area contributed by atoms with Crippen molar-refractivity contribution in [2.75, 3.05) is 36.4 Å². The predicted molar refractivity (Wildman–Crippen MR) is 120 cm³/mol. The summed E-state index contributed by atoms with van der Waals surface area (Å²) >= 11 is 3.43. The minimum Gasteiger partial charge on any atom is -0.371 e. The zero-order chi connectivity index (χ0) is 20.2. The third kappa shape index (κ3) is 4.47. The number of hydrogen-bond donors (Lipinski definition) is 1. The molecule has 2 aliphatic rings. The first-order valence-electron chi connectivity index (χ1n) is 10.4. The molecule has 0 aromatic heterocycles. The zero-order valence-corrected chi connectivity index (χ0v) is 18.1. The lowest BCUT2D eigenvalue weighted by molar-refractivity contribution is 0.0793. The number of carbonyl (C=O) groups excluding carboxylic acids is 2. The summed E-state index contributed by atoms with van der Waals surface area (Å²) in [6.07, 6.45) is 5.66. The van der Waals surface area contributed by atoms with Crippen LogP contribution in [0.15, 0.2) is 46.9 Å². The fourth-order valence-electron chi connectivity index (χ4n) is 4.13. The molecule has 0 radical (unpaired) electrons. The summed E-state index contributed by atoms with van der Waals surface area (Å²) in [7, 11) is 0. The first-order chi connectivity index (χ1) is 14.1. The number of nitrogens with zero attached hydrogens (tertiary/aromatic N) is 2. The molecule has 1 N–H and O–H groups in total. The van der Waals surface area contributed by atoms with E-state index in [1.807, 2.05) is 41.3 Å². The summed E-state index contributed by atoms with van der Waals surface area (Å²) in [5, 5.41) is 2.96. The van der Waals surface area contributed by atoms with Crippen molar-refractivity contribution in [2.45, 2.75) is 32.1 Å². The summed E-state index contributed by atoms with van der Waals surface area (Å²) in [6.45, 7) is 3.57. The van der Waals surface area contributed by atoms with Gasteiger partial charge in [-0.05, 0) is 78.4 Å². The van der Waals surface area contributed by atoms with Crippen LogP contribution in [0.4, 0.5) is 11.4 Å². The molecule has 2 amide bonds. The van der Waals surface area contributed by atoms with Crippen LogP contribution in [-0.4, -0.2) is 42.9 Å². The fraction of sp³-hybridized carbons (Fsp3) is 0.391. The molecular formula is C23H26BrN3O2. The Balaban J connectivity index is 1.63. The number of halogens is 1. The SMILES string of the molecule is O=C(Nc1ccc(N2CCCCC2)c(C(=O)N2CCCC2)c1)c1ccccc1Br. The molecule has 2 heterocycles. The normalized spacial score (nSPS) is 16.7. The Bertz CT molecular complexity index is 903. The molecule has 0 atom stereocenters. The van der Waals surface area contributed by atoms with Crippen molar-refractivity contribution in [3.05, 3.63) is 58.1 Å². The summed E-state index contributed by atoms with van der Waals surface area (Å²) in [5.74, 6) is -0.122. The van der Waals surface area contributed by atoms with Crippen LogP contribution >= 0.6 is 15.9 Å². The van der Waals surface area contributed by atoms with Crippen molar-refractivity contribution in [1.29, 1.82) is 0 Å². The number of piperidine rings is 1. The average molecular weight is 456 g/mol. The highest BCUT2D eigenvalue weighted by atomic mass is 79.9. The molecule has 4 rings (SSSR count). The van der Waals surface area contributed by atoms with Crippen molar-refractivity contribution in [3.8, 4) is 0 Å². The number of nitrogens with one attached hydrogen (secondary N) is 1. The number of amides is 2. The molecule has 2 aliphatic heterocycles. The molecule has 2 saturated heterocycles. The van der Waals surface area contributed by atoms with E-state index in [1.54, 1.807) is 6.07 Å². The maximum Gasteiger partial charge on any atom is 0.256 e. The van der Waals surface area contributed by atoms with Gasteiger partial charge >= 0.3 is 0 Å². The Kier molecular flexibility index (Phi) is 6.19. The van der Waals surface area contributed by atoms with Gasteiger partial charge in [-0.25, -0.2) is 0 Å². The van der Waals surface area contributed by atoms with Gasteiger partial charge in [0.05, 0.1) is 11.1 Å². The van der Waals surface area contributed by atoms with E-state index in [9.17, 15) is 9.59 Å². The van der Waals surface area contributed by atoms with Crippen LogP contribution in [0, 0.1) is 0 Å². The van der Waals surface area contributed by atoms with Gasteiger partial charge in [-0.15, -0.1) is 0 Å². The summed E-state index contributed by atoms with van der Waals surface area (Å²) in [5.41, 5.74) is 2.90. The van der Waals surface area contributed by atoms with Crippen molar-refractivity contribution < 1.29 is 9.59 Å². The van der Waals surface area contributed by atoms with Crippen LogP contribution in [0.2, 0.25) is 0 Å². The summed E-state index contributed by atoms with van der Waals surface area (Å²) in [4.78, 5) is 30.2. The van der Waals surface area contributed by atoms with Crippen LogP contribution in [0.5, 0.6) is 0 Å². The van der Waals surface area contributed by atoms with Gasteiger partial charge in [0, 0.05) is 42.0 Å². The van der Waals surface area contributed by atoms with Crippen molar-refractivity contribution in [2.24, 2.45) is 0 Å². The Morgan fingerprint density at radius 1 is 0.828 bits per heavy atom. The molecular weight excluding hydrogens is 430 g/mol. The number of likely N-dealkylation sites (tertiary alicyclic amines) is 1. The Morgan fingerprint density at radius 3 is 2.24 bits per heavy atom. The van der Waals surface area contributed by atoms with Gasteiger partial charge in [0.25, 0.3) is 11.8 Å². The minimum absolute atomic E-state index is 0.0695. The highest BCUT2D eigenvalue weighted by Gasteiger charge is 2.25. The van der Waals surface area contributed by atoms with E-state index in [0.29, 0.717) is 16.8 Å². The molecule has 2 fully saturated rings. The molecule has 5 nitrogen and oxygen atoms in total. The van der Waals surface area contributed by atoms with Crippen LogP contribution in [-0.2, 0) is 0 Å². The zero-order valence-electron chi connectivity index (χ0n) is 16.5. The second-order valence-corrected chi connectivity index (χ2v) is 8.57. The molecule has 2 aromatic rings. The Hall–Kier alpha value is -2.34. The lowest BCUT2D eigenvalue weighted by Gasteiger charge is -2.31. The van der Waals surface area contributed by atoms with Crippen molar-refractivity contribution >= 4 is 39.1 Å². The number of anilines is 2. The molecule has 0 spiro atoms. The summed E-state index contributed by atoms with van der Waals surface area (Å²) < 4.78 is 0.746. The Morgan fingerprint density at radius 2 is 1.52 bits per heavy atom. The quantitative estimate of drug-likeness (QED) is 0.710. The molecule has 152 valence electrons. The van der Waals surface area contributed by atoms with E-state index >= 15 is 0 Å². The van der Waals surface area contributed by atoms with E-state index in [2.05, 4.69) is 26.1 Å². The first-order valence-corrected chi connectivity index (χ1v) is 11.2. The fourth-order valence-corrected chi connectivity index (χ4v) is 4.59. The smallest absolute Gasteiger partial charge is 0.256 e. The second-order valence-electron chi connectivity index (χ2n) is 7.71. The van der Waals surface area contributed by atoms with Gasteiger partial charge in [-0.3, -0.25) is 9.59 Å². The van der Waals surface area contributed by atoms with Gasteiger partial charge in [0.15, 0.2) is 0 Å². The number of benzene rings is 2. The van der Waals surface area contributed by atoms with E-state index in [0.717, 1.165) is 62.0 Å². The lowest BCUT2D eigenvalue weighted by atomic mass is 10.0. The minimum atomic E-state index is -0.192. The maximum atomic E-state index is 13.3. The molecule has 2 aromatic carbocycles. The molecule has 0 unspecified atom stereocenters. The van der Waals surface area contributed by atoms with Gasteiger partial charge in [0.2, 0.25) is 0 Å².